The van der Waals surface area contributed by atoms with E-state index in [1.165, 1.54) is 0 Å². The van der Waals surface area contributed by atoms with Crippen molar-refractivity contribution < 1.29 is 19.1 Å². The normalized spacial score (nSPS) is 12.5. The molecule has 0 aliphatic carbocycles. The zero-order valence-electron chi connectivity index (χ0n) is 24.3. The molecule has 0 spiro atoms. The van der Waals surface area contributed by atoms with Crippen molar-refractivity contribution in [2.75, 3.05) is 11.9 Å². The van der Waals surface area contributed by atoms with Gasteiger partial charge in [0.1, 0.15) is 18.2 Å². The lowest BCUT2D eigenvalue weighted by Crippen LogP contribution is -2.55. The number of rotatable bonds is 8. The van der Waals surface area contributed by atoms with Gasteiger partial charge in [-0.05, 0) is 88.9 Å². The van der Waals surface area contributed by atoms with E-state index < -0.39 is 23.3 Å². The molecule has 0 aliphatic heterocycles. The molecule has 1 atom stereocenters. The fourth-order valence-electron chi connectivity index (χ4n) is 4.48. The van der Waals surface area contributed by atoms with E-state index in [9.17, 15) is 14.4 Å². The third-order valence-electron chi connectivity index (χ3n) is 6.82. The van der Waals surface area contributed by atoms with Gasteiger partial charge in [0.25, 0.3) is 5.91 Å². The lowest BCUT2D eigenvalue weighted by molar-refractivity contribution is -0.145. The van der Waals surface area contributed by atoms with Gasteiger partial charge in [-0.1, -0.05) is 61.0 Å². The minimum Gasteiger partial charge on any atom is -0.444 e. The van der Waals surface area contributed by atoms with Crippen LogP contribution in [0.5, 0.6) is 0 Å². The topological polar surface area (TPSA) is 87.7 Å². The minimum atomic E-state index is -0.931. The molecule has 3 amide bonds. The highest BCUT2D eigenvalue weighted by Crippen LogP contribution is 2.34. The summed E-state index contributed by atoms with van der Waals surface area (Å²) >= 11 is 0. The van der Waals surface area contributed by atoms with E-state index in [0.29, 0.717) is 12.1 Å². The molecule has 39 heavy (non-hydrogen) atoms. The van der Waals surface area contributed by atoms with Gasteiger partial charge in [-0.25, -0.2) is 4.79 Å². The number of anilines is 1. The zero-order chi connectivity index (χ0) is 29.0. The molecule has 208 valence electrons. The highest BCUT2D eigenvalue weighted by Gasteiger charge is 2.40. The fraction of sp³-hybridized carbons (Fsp3) is 0.406. The first-order valence-electron chi connectivity index (χ1n) is 13.4. The van der Waals surface area contributed by atoms with Gasteiger partial charge < -0.3 is 20.3 Å². The first-order valence-corrected chi connectivity index (χ1v) is 13.4. The number of aryl methyl sites for hydroxylation is 2. The standard InChI is InChI=1S/C32H41N3O4/c1-9-32(7,8)35(27(36)20-33-30(38)39-31(4,5)6)28(26-18-21(2)14-15-22(26)3)29(37)34-25-17-16-23-12-10-11-13-24(23)19-25/h10-19,28H,9,20H2,1-8H3,(H,33,38)(H,34,37). The minimum absolute atomic E-state index is 0.303. The van der Waals surface area contributed by atoms with Crippen LogP contribution in [0.2, 0.25) is 0 Å². The summed E-state index contributed by atoms with van der Waals surface area (Å²) in [4.78, 5) is 41.9. The summed E-state index contributed by atoms with van der Waals surface area (Å²) in [5, 5.41) is 7.70. The van der Waals surface area contributed by atoms with Crippen LogP contribution >= 0.6 is 0 Å². The van der Waals surface area contributed by atoms with Crippen molar-refractivity contribution in [2.24, 2.45) is 0 Å². The molecule has 0 aliphatic rings. The number of nitrogens with one attached hydrogen (secondary N) is 2. The van der Waals surface area contributed by atoms with Crippen molar-refractivity contribution in [2.45, 2.75) is 79.0 Å². The van der Waals surface area contributed by atoms with E-state index in [1.54, 1.807) is 25.7 Å². The second-order valence-electron chi connectivity index (χ2n) is 11.6. The lowest BCUT2D eigenvalue weighted by atomic mass is 9.90. The molecule has 1 unspecified atom stereocenters. The monoisotopic (exact) mass is 531 g/mol. The number of hydrogen-bond acceptors (Lipinski definition) is 4. The largest absolute Gasteiger partial charge is 0.444 e. The maximum atomic E-state index is 14.1. The molecule has 0 heterocycles. The second-order valence-corrected chi connectivity index (χ2v) is 11.6. The number of amides is 3. The summed E-state index contributed by atoms with van der Waals surface area (Å²) < 4.78 is 5.32. The van der Waals surface area contributed by atoms with Gasteiger partial charge in [0, 0.05) is 11.2 Å². The van der Waals surface area contributed by atoms with Crippen molar-refractivity contribution in [3.8, 4) is 0 Å². The van der Waals surface area contributed by atoms with Crippen molar-refractivity contribution in [1.29, 1.82) is 0 Å². The van der Waals surface area contributed by atoms with Crippen molar-refractivity contribution in [1.82, 2.24) is 10.2 Å². The average Bonchev–Trinajstić information content (AvgIpc) is 2.86. The summed E-state index contributed by atoms with van der Waals surface area (Å²) in [6.07, 6.45) is -0.0931. The van der Waals surface area contributed by atoms with Gasteiger partial charge in [0.15, 0.2) is 0 Å². The predicted octanol–water partition coefficient (Wildman–Crippen LogP) is 6.68. The highest BCUT2D eigenvalue weighted by atomic mass is 16.6. The van der Waals surface area contributed by atoms with Gasteiger partial charge in [-0.2, -0.15) is 0 Å². The van der Waals surface area contributed by atoms with E-state index in [4.69, 9.17) is 4.74 Å². The summed E-state index contributed by atoms with van der Waals surface area (Å²) in [5.74, 6) is -0.710. The summed E-state index contributed by atoms with van der Waals surface area (Å²) in [5.41, 5.74) is 1.85. The first kappa shape index (κ1) is 29.7. The molecule has 3 rings (SSSR count). The first-order chi connectivity index (χ1) is 18.2. The molecular weight excluding hydrogens is 490 g/mol. The SMILES string of the molecule is CCC(C)(C)N(C(=O)CNC(=O)OC(C)(C)C)C(C(=O)Nc1ccc2ccccc2c1)c1cc(C)ccc1C. The Morgan fingerprint density at radius 2 is 1.56 bits per heavy atom. The number of carbonyl (C=O) groups excluding carboxylic acids is 3. The Bertz CT molecular complexity index is 1360. The van der Waals surface area contributed by atoms with Crippen molar-refractivity contribution >= 4 is 34.4 Å². The summed E-state index contributed by atoms with van der Waals surface area (Å²) in [6.45, 7) is 14.7. The van der Waals surface area contributed by atoms with Gasteiger partial charge in [0.2, 0.25) is 5.91 Å². The van der Waals surface area contributed by atoms with E-state index >= 15 is 0 Å². The average molecular weight is 532 g/mol. The van der Waals surface area contributed by atoms with Gasteiger partial charge in [-0.15, -0.1) is 0 Å². The maximum absolute atomic E-state index is 14.1. The number of carbonyl (C=O) groups is 3. The van der Waals surface area contributed by atoms with Crippen LogP contribution in [-0.2, 0) is 14.3 Å². The van der Waals surface area contributed by atoms with Crippen LogP contribution in [0.25, 0.3) is 10.8 Å². The van der Waals surface area contributed by atoms with Crippen LogP contribution in [0.15, 0.2) is 60.7 Å². The molecule has 0 saturated heterocycles. The Labute approximate surface area is 231 Å². The highest BCUT2D eigenvalue weighted by molar-refractivity contribution is 6.00. The lowest BCUT2D eigenvalue weighted by Gasteiger charge is -2.43. The van der Waals surface area contributed by atoms with E-state index in [0.717, 1.165) is 27.5 Å². The number of alkyl carbamates (subject to hydrolysis) is 1. The smallest absolute Gasteiger partial charge is 0.408 e. The van der Waals surface area contributed by atoms with Crippen LogP contribution in [0, 0.1) is 13.8 Å². The Hall–Kier alpha value is -3.87. The van der Waals surface area contributed by atoms with Crippen molar-refractivity contribution in [3.05, 3.63) is 77.4 Å². The molecule has 7 heteroatoms. The van der Waals surface area contributed by atoms with Gasteiger partial charge in [0.05, 0.1) is 0 Å². The molecule has 0 bridgehead atoms. The van der Waals surface area contributed by atoms with E-state index in [1.807, 2.05) is 95.3 Å². The fourth-order valence-corrected chi connectivity index (χ4v) is 4.48. The number of ether oxygens (including phenoxy) is 1. The molecule has 0 aromatic heterocycles. The van der Waals surface area contributed by atoms with Gasteiger partial charge >= 0.3 is 6.09 Å². The number of hydrogen-bond donors (Lipinski definition) is 2. The molecular formula is C32H41N3O4. The predicted molar refractivity (Wildman–Crippen MR) is 157 cm³/mol. The van der Waals surface area contributed by atoms with E-state index in [2.05, 4.69) is 10.6 Å². The maximum Gasteiger partial charge on any atom is 0.408 e. The Morgan fingerprint density at radius 3 is 2.21 bits per heavy atom. The van der Waals surface area contributed by atoms with Crippen molar-refractivity contribution in [3.63, 3.8) is 0 Å². The second kappa shape index (κ2) is 11.9. The molecule has 3 aromatic rings. The molecule has 0 radical (unpaired) electrons. The third-order valence-corrected chi connectivity index (χ3v) is 6.82. The number of benzene rings is 3. The van der Waals surface area contributed by atoms with Crippen LogP contribution in [0.3, 0.4) is 0 Å². The molecule has 0 fully saturated rings. The summed E-state index contributed by atoms with van der Waals surface area (Å²) in [6, 6.07) is 18.6. The molecule has 7 nitrogen and oxygen atoms in total. The van der Waals surface area contributed by atoms with Crippen LogP contribution in [0.4, 0.5) is 10.5 Å². The van der Waals surface area contributed by atoms with Crippen LogP contribution in [0.1, 0.15) is 70.7 Å². The molecule has 2 N–H and O–H groups in total. The van der Waals surface area contributed by atoms with E-state index in [-0.39, 0.29) is 18.4 Å². The van der Waals surface area contributed by atoms with Crippen LogP contribution < -0.4 is 10.6 Å². The Balaban J connectivity index is 2.03. The Kier molecular flexibility index (Phi) is 9.05. The van der Waals surface area contributed by atoms with Gasteiger partial charge in [-0.3, -0.25) is 9.59 Å². The molecule has 0 saturated carbocycles. The Morgan fingerprint density at radius 1 is 0.897 bits per heavy atom. The summed E-state index contributed by atoms with van der Waals surface area (Å²) in [7, 11) is 0. The van der Waals surface area contributed by atoms with Crippen LogP contribution in [-0.4, -0.2) is 40.5 Å². The zero-order valence-corrected chi connectivity index (χ0v) is 24.3. The molecule has 3 aromatic carbocycles. The third kappa shape index (κ3) is 7.59. The quantitative estimate of drug-likeness (QED) is 0.339. The number of nitrogens with zero attached hydrogens (tertiary/aromatic N) is 1. The number of fused-ring (bicyclic) bond motifs is 1.